The Hall–Kier alpha value is -2.98. The average Bonchev–Trinajstić information content (AvgIpc) is 3.30. The molecule has 1 heterocycles. The van der Waals surface area contributed by atoms with E-state index in [1.807, 2.05) is 11.0 Å². The normalized spacial score (nSPS) is 19.8. The van der Waals surface area contributed by atoms with Crippen molar-refractivity contribution in [2.45, 2.75) is 24.9 Å². The third-order valence-electron chi connectivity index (χ3n) is 6.40. The second-order valence-electron chi connectivity index (χ2n) is 8.13. The molecule has 4 heteroatoms. The molecule has 0 aromatic heterocycles. The summed E-state index contributed by atoms with van der Waals surface area (Å²) in [7, 11) is 1.75. The van der Waals surface area contributed by atoms with Gasteiger partial charge in [0.1, 0.15) is 11.9 Å². The van der Waals surface area contributed by atoms with E-state index in [1.54, 1.807) is 19.2 Å². The summed E-state index contributed by atoms with van der Waals surface area (Å²) in [6.45, 7) is 1.38. The minimum Gasteiger partial charge on any atom is -0.372 e. The highest BCUT2D eigenvalue weighted by molar-refractivity contribution is 5.84. The Bertz CT molecular complexity index is 1090. The number of benzene rings is 3. The predicted octanol–water partition coefficient (Wildman–Crippen LogP) is 5.10. The highest BCUT2D eigenvalue weighted by Crippen LogP contribution is 2.49. The minimum atomic E-state index is -0.233. The fourth-order valence-electron chi connectivity index (χ4n) is 4.94. The summed E-state index contributed by atoms with van der Waals surface area (Å²) in [5.74, 6) is 0.127. The lowest BCUT2D eigenvalue weighted by atomic mass is 9.89. The molecule has 2 atom stereocenters. The molecule has 30 heavy (non-hydrogen) atoms. The van der Waals surface area contributed by atoms with E-state index in [1.165, 1.54) is 39.9 Å². The van der Waals surface area contributed by atoms with Crippen LogP contribution in [0, 0.1) is 5.82 Å². The maximum atomic E-state index is 13.1. The van der Waals surface area contributed by atoms with E-state index in [0.29, 0.717) is 13.0 Å². The molecule has 2 aliphatic rings. The lowest BCUT2D eigenvalue weighted by Gasteiger charge is -2.19. The first-order valence-corrected chi connectivity index (χ1v) is 10.4. The number of hydrogen-bond acceptors (Lipinski definition) is 2. The smallest absolute Gasteiger partial charge is 0.223 e. The first kappa shape index (κ1) is 19.0. The fraction of sp³-hybridized carbons (Fsp3) is 0.269. The van der Waals surface area contributed by atoms with Gasteiger partial charge in [0.05, 0.1) is 0 Å². The molecular formula is C26H24FNO2. The summed E-state index contributed by atoms with van der Waals surface area (Å²) < 4.78 is 18.9. The van der Waals surface area contributed by atoms with Crippen LogP contribution in [0.25, 0.3) is 11.1 Å². The summed E-state index contributed by atoms with van der Waals surface area (Å²) in [5, 5.41) is 0. The van der Waals surface area contributed by atoms with Crippen molar-refractivity contribution < 1.29 is 13.9 Å². The Morgan fingerprint density at radius 2 is 1.70 bits per heavy atom. The summed E-state index contributed by atoms with van der Waals surface area (Å²) in [6, 6.07) is 21.3. The lowest BCUT2D eigenvalue weighted by molar-refractivity contribution is -0.127. The van der Waals surface area contributed by atoms with Gasteiger partial charge in [0.2, 0.25) is 5.91 Å². The molecular weight excluding hydrogens is 377 g/mol. The van der Waals surface area contributed by atoms with Crippen LogP contribution in [0.15, 0.2) is 66.7 Å². The third kappa shape index (κ3) is 3.21. The number of methoxy groups -OCH3 is 1. The van der Waals surface area contributed by atoms with E-state index in [2.05, 4.69) is 36.4 Å². The van der Waals surface area contributed by atoms with Crippen molar-refractivity contribution >= 4 is 5.91 Å². The van der Waals surface area contributed by atoms with E-state index < -0.39 is 0 Å². The van der Waals surface area contributed by atoms with Crippen LogP contribution >= 0.6 is 0 Å². The number of carbonyl (C=O) groups excluding carboxylic acids is 1. The lowest BCUT2D eigenvalue weighted by Crippen LogP contribution is -2.27. The molecule has 2 unspecified atom stereocenters. The minimum absolute atomic E-state index is 0.0529. The first-order valence-electron chi connectivity index (χ1n) is 10.4. The van der Waals surface area contributed by atoms with Crippen LogP contribution in [0.3, 0.4) is 0 Å². The fourth-order valence-corrected chi connectivity index (χ4v) is 4.94. The highest BCUT2D eigenvalue weighted by atomic mass is 19.1. The zero-order chi connectivity index (χ0) is 20.7. The number of amides is 1. The molecule has 0 spiro atoms. The second kappa shape index (κ2) is 7.69. The van der Waals surface area contributed by atoms with Crippen LogP contribution in [0.2, 0.25) is 0 Å². The Kier molecular flexibility index (Phi) is 4.87. The topological polar surface area (TPSA) is 29.5 Å². The number of rotatable bonds is 5. The van der Waals surface area contributed by atoms with Crippen LogP contribution in [-0.4, -0.2) is 31.0 Å². The van der Waals surface area contributed by atoms with Crippen molar-refractivity contribution in [1.82, 2.24) is 4.90 Å². The molecule has 3 nitrogen and oxygen atoms in total. The molecule has 1 amide bonds. The van der Waals surface area contributed by atoms with Crippen molar-refractivity contribution in [2.75, 3.05) is 20.2 Å². The second-order valence-corrected chi connectivity index (χ2v) is 8.13. The Morgan fingerprint density at radius 3 is 2.50 bits per heavy atom. The molecule has 0 radical (unpaired) electrons. The number of carbonyl (C=O) groups is 1. The van der Waals surface area contributed by atoms with E-state index in [4.69, 9.17) is 4.74 Å². The van der Waals surface area contributed by atoms with Crippen LogP contribution in [-0.2, 0) is 16.0 Å². The number of nitrogens with zero attached hydrogens (tertiary/aromatic N) is 1. The van der Waals surface area contributed by atoms with E-state index in [9.17, 15) is 9.18 Å². The van der Waals surface area contributed by atoms with Gasteiger partial charge in [0, 0.05) is 32.5 Å². The molecule has 0 bridgehead atoms. The Morgan fingerprint density at radius 1 is 0.967 bits per heavy atom. The summed E-state index contributed by atoms with van der Waals surface area (Å²) >= 11 is 0. The molecule has 1 aliphatic carbocycles. The molecule has 1 aliphatic heterocycles. The molecule has 0 saturated carbocycles. The average molecular weight is 401 g/mol. The molecule has 0 N–H and O–H groups in total. The zero-order valence-corrected chi connectivity index (χ0v) is 17.0. The number of fused-ring (bicyclic) bond motifs is 3. The van der Waals surface area contributed by atoms with Gasteiger partial charge >= 0.3 is 0 Å². The largest absolute Gasteiger partial charge is 0.372 e. The summed E-state index contributed by atoms with van der Waals surface area (Å²) in [5.41, 5.74) is 7.11. The third-order valence-corrected chi connectivity index (χ3v) is 6.40. The number of ether oxygens (including phenoxy) is 1. The highest BCUT2D eigenvalue weighted by Gasteiger charge is 2.36. The predicted molar refractivity (Wildman–Crippen MR) is 115 cm³/mol. The molecule has 3 aromatic carbocycles. The summed E-state index contributed by atoms with van der Waals surface area (Å²) in [4.78, 5) is 14.7. The van der Waals surface area contributed by atoms with Crippen molar-refractivity contribution in [3.05, 3.63) is 94.8 Å². The van der Waals surface area contributed by atoms with Crippen LogP contribution in [0.1, 0.15) is 40.7 Å². The van der Waals surface area contributed by atoms with Gasteiger partial charge < -0.3 is 9.64 Å². The van der Waals surface area contributed by atoms with E-state index >= 15 is 0 Å². The van der Waals surface area contributed by atoms with Gasteiger partial charge in [-0.25, -0.2) is 4.39 Å². The summed E-state index contributed by atoms with van der Waals surface area (Å²) in [6.07, 6.45) is 1.21. The number of hydrogen-bond donors (Lipinski definition) is 0. The van der Waals surface area contributed by atoms with Crippen LogP contribution < -0.4 is 0 Å². The van der Waals surface area contributed by atoms with Gasteiger partial charge in [-0.05, 0) is 51.9 Å². The first-order chi connectivity index (χ1) is 14.7. The molecule has 1 saturated heterocycles. The molecule has 152 valence electrons. The quantitative estimate of drug-likeness (QED) is 0.595. The van der Waals surface area contributed by atoms with Crippen molar-refractivity contribution in [2.24, 2.45) is 0 Å². The van der Waals surface area contributed by atoms with E-state index in [-0.39, 0.29) is 23.7 Å². The molecule has 5 rings (SSSR count). The Balaban J connectivity index is 1.40. The van der Waals surface area contributed by atoms with Crippen molar-refractivity contribution in [1.29, 1.82) is 0 Å². The standard InChI is InChI=1S/C26H24FNO2/c1-30-26-22-6-3-2-5-21(22)25-20(7-4-8-23(25)26)18-15-24(29)28(16-18)14-13-17-9-11-19(27)12-10-17/h2-12,18,26H,13-16H2,1H3. The van der Waals surface area contributed by atoms with Gasteiger partial charge in [0.25, 0.3) is 0 Å². The molecule has 3 aromatic rings. The van der Waals surface area contributed by atoms with Crippen LogP contribution in [0.4, 0.5) is 4.39 Å². The van der Waals surface area contributed by atoms with E-state index in [0.717, 1.165) is 18.5 Å². The maximum Gasteiger partial charge on any atom is 0.223 e. The van der Waals surface area contributed by atoms with Crippen molar-refractivity contribution in [3.8, 4) is 11.1 Å². The SMILES string of the molecule is COC1c2ccccc2-c2c(C3CC(=O)N(CCc4ccc(F)cc4)C3)cccc21. The van der Waals surface area contributed by atoms with Gasteiger partial charge in [-0.1, -0.05) is 54.6 Å². The number of halogens is 1. The zero-order valence-electron chi connectivity index (χ0n) is 17.0. The monoisotopic (exact) mass is 401 g/mol. The number of likely N-dealkylation sites (tertiary alicyclic amines) is 1. The molecule has 1 fully saturated rings. The Labute approximate surface area is 176 Å². The maximum absolute atomic E-state index is 13.1. The van der Waals surface area contributed by atoms with Gasteiger partial charge in [-0.2, -0.15) is 0 Å². The van der Waals surface area contributed by atoms with Crippen LogP contribution in [0.5, 0.6) is 0 Å². The van der Waals surface area contributed by atoms with Gasteiger partial charge in [-0.15, -0.1) is 0 Å². The van der Waals surface area contributed by atoms with Gasteiger partial charge in [-0.3, -0.25) is 4.79 Å². The van der Waals surface area contributed by atoms with Gasteiger partial charge in [0.15, 0.2) is 0 Å². The van der Waals surface area contributed by atoms with Crippen molar-refractivity contribution in [3.63, 3.8) is 0 Å².